The summed E-state index contributed by atoms with van der Waals surface area (Å²) in [5.74, 6) is 1.23. The van der Waals surface area contributed by atoms with Gasteiger partial charge in [0.05, 0.1) is 13.1 Å². The molecule has 0 aliphatic carbocycles. The molecule has 1 saturated heterocycles. The van der Waals surface area contributed by atoms with Crippen LogP contribution in [0.1, 0.15) is 19.8 Å². The average Bonchev–Trinajstić information content (AvgIpc) is 2.25. The zero-order chi connectivity index (χ0) is 12.1. The molecule has 16 heavy (non-hydrogen) atoms. The topological polar surface area (TPSA) is 40.6 Å². The summed E-state index contributed by atoms with van der Waals surface area (Å²) in [6.45, 7) is 3.22. The monoisotopic (exact) mass is 244 g/mol. The smallest absolute Gasteiger partial charge is 0.242 e. The predicted molar refractivity (Wildman–Crippen MR) is 66.5 cm³/mol. The SMILES string of the molecule is CCCC(CS)CN1CC(=O)N(C)CC1=O. The molecule has 0 saturated carbocycles. The van der Waals surface area contributed by atoms with Crippen molar-refractivity contribution in [2.45, 2.75) is 19.8 Å². The fourth-order valence-corrected chi connectivity index (χ4v) is 2.19. The lowest BCUT2D eigenvalue weighted by Gasteiger charge is -2.33. The first-order valence-corrected chi connectivity index (χ1v) is 6.34. The Bertz CT molecular complexity index is 271. The minimum Gasteiger partial charge on any atom is -0.335 e. The molecule has 1 unspecified atom stereocenters. The normalized spacial score (nSPS) is 19.2. The van der Waals surface area contributed by atoms with Crippen molar-refractivity contribution >= 4 is 24.4 Å². The molecule has 0 aromatic heterocycles. The Balaban J connectivity index is 2.52. The predicted octanol–water partition coefficient (Wildman–Crippen LogP) is 0.633. The Morgan fingerprint density at radius 3 is 2.56 bits per heavy atom. The second-order valence-electron chi connectivity index (χ2n) is 4.36. The van der Waals surface area contributed by atoms with Crippen LogP contribution in [0.5, 0.6) is 0 Å². The Hall–Kier alpha value is -0.710. The van der Waals surface area contributed by atoms with Gasteiger partial charge in [0.25, 0.3) is 0 Å². The van der Waals surface area contributed by atoms with Gasteiger partial charge in [-0.1, -0.05) is 13.3 Å². The summed E-state index contributed by atoms with van der Waals surface area (Å²) in [6, 6.07) is 0. The maximum absolute atomic E-state index is 11.7. The second kappa shape index (κ2) is 6.13. The molecule has 2 amide bonds. The molecule has 92 valence electrons. The molecule has 1 fully saturated rings. The lowest BCUT2D eigenvalue weighted by Crippen LogP contribution is -2.53. The Morgan fingerprint density at radius 1 is 1.31 bits per heavy atom. The molecule has 0 radical (unpaired) electrons. The van der Waals surface area contributed by atoms with E-state index in [0.29, 0.717) is 12.5 Å². The van der Waals surface area contributed by atoms with Crippen LogP contribution in [0, 0.1) is 5.92 Å². The van der Waals surface area contributed by atoms with Gasteiger partial charge in [0.2, 0.25) is 11.8 Å². The van der Waals surface area contributed by atoms with Crippen LogP contribution >= 0.6 is 12.6 Å². The lowest BCUT2D eigenvalue weighted by molar-refractivity contribution is -0.149. The van der Waals surface area contributed by atoms with Crippen LogP contribution in [0.15, 0.2) is 0 Å². The van der Waals surface area contributed by atoms with Gasteiger partial charge in [0, 0.05) is 13.6 Å². The molecule has 1 aliphatic heterocycles. The first-order chi connectivity index (χ1) is 7.58. The number of piperazine rings is 1. The first kappa shape index (κ1) is 13.4. The number of nitrogens with zero attached hydrogens (tertiary/aromatic N) is 2. The van der Waals surface area contributed by atoms with Gasteiger partial charge in [-0.25, -0.2) is 0 Å². The van der Waals surface area contributed by atoms with Crippen molar-refractivity contribution in [3.63, 3.8) is 0 Å². The summed E-state index contributed by atoms with van der Waals surface area (Å²) in [5, 5.41) is 0. The lowest BCUT2D eigenvalue weighted by atomic mass is 10.0. The highest BCUT2D eigenvalue weighted by molar-refractivity contribution is 7.80. The number of carbonyl (C=O) groups excluding carboxylic acids is 2. The van der Waals surface area contributed by atoms with Crippen LogP contribution in [0.2, 0.25) is 0 Å². The van der Waals surface area contributed by atoms with Gasteiger partial charge in [0.15, 0.2) is 0 Å². The summed E-state index contributed by atoms with van der Waals surface area (Å²) in [5.41, 5.74) is 0. The Labute approximate surface area is 102 Å². The molecule has 0 N–H and O–H groups in total. The van der Waals surface area contributed by atoms with Gasteiger partial charge in [-0.3, -0.25) is 9.59 Å². The third-order valence-corrected chi connectivity index (χ3v) is 3.43. The van der Waals surface area contributed by atoms with E-state index in [4.69, 9.17) is 0 Å². The van der Waals surface area contributed by atoms with E-state index in [0.717, 1.165) is 18.6 Å². The van der Waals surface area contributed by atoms with Gasteiger partial charge >= 0.3 is 0 Å². The first-order valence-electron chi connectivity index (χ1n) is 5.71. The fourth-order valence-electron chi connectivity index (χ4n) is 1.89. The summed E-state index contributed by atoms with van der Waals surface area (Å²) in [7, 11) is 1.67. The van der Waals surface area contributed by atoms with Crippen LogP contribution in [-0.4, -0.2) is 54.0 Å². The van der Waals surface area contributed by atoms with Gasteiger partial charge in [-0.2, -0.15) is 12.6 Å². The van der Waals surface area contributed by atoms with E-state index in [2.05, 4.69) is 19.6 Å². The van der Waals surface area contributed by atoms with E-state index >= 15 is 0 Å². The highest BCUT2D eigenvalue weighted by Crippen LogP contribution is 2.13. The van der Waals surface area contributed by atoms with Crippen LogP contribution in [0.25, 0.3) is 0 Å². The maximum Gasteiger partial charge on any atom is 0.242 e. The third kappa shape index (κ3) is 3.40. The molecular formula is C11H20N2O2S. The van der Waals surface area contributed by atoms with Crippen molar-refractivity contribution in [3.8, 4) is 0 Å². The Kier molecular flexibility index (Phi) is 5.12. The maximum atomic E-state index is 11.7. The van der Waals surface area contributed by atoms with Crippen LogP contribution in [0.4, 0.5) is 0 Å². The van der Waals surface area contributed by atoms with E-state index in [1.807, 2.05) is 0 Å². The Morgan fingerprint density at radius 2 is 2.00 bits per heavy atom. The molecule has 1 atom stereocenters. The van der Waals surface area contributed by atoms with Crippen molar-refractivity contribution in [2.75, 3.05) is 32.4 Å². The molecule has 0 aromatic rings. The van der Waals surface area contributed by atoms with Gasteiger partial charge in [0.1, 0.15) is 0 Å². The van der Waals surface area contributed by atoms with Gasteiger partial charge in [-0.05, 0) is 18.1 Å². The molecule has 0 spiro atoms. The van der Waals surface area contributed by atoms with Gasteiger partial charge < -0.3 is 9.80 Å². The molecule has 0 aromatic carbocycles. The number of hydrogen-bond donors (Lipinski definition) is 1. The average molecular weight is 244 g/mol. The number of carbonyl (C=O) groups is 2. The molecule has 1 rings (SSSR count). The van der Waals surface area contributed by atoms with Crippen molar-refractivity contribution in [1.82, 2.24) is 9.80 Å². The summed E-state index contributed by atoms with van der Waals surface area (Å²) < 4.78 is 0. The molecule has 1 aliphatic rings. The van der Waals surface area contributed by atoms with Gasteiger partial charge in [-0.15, -0.1) is 0 Å². The minimum atomic E-state index is 0.0222. The summed E-state index contributed by atoms with van der Waals surface area (Å²) in [4.78, 5) is 26.3. The number of likely N-dealkylation sites (N-methyl/N-ethyl adjacent to an activating group) is 1. The quantitative estimate of drug-likeness (QED) is 0.721. The van der Waals surface area contributed by atoms with Crippen molar-refractivity contribution < 1.29 is 9.59 Å². The molecular weight excluding hydrogens is 224 g/mol. The summed E-state index contributed by atoms with van der Waals surface area (Å²) >= 11 is 4.29. The fraction of sp³-hybridized carbons (Fsp3) is 0.818. The number of amides is 2. The molecule has 1 heterocycles. The van der Waals surface area contributed by atoms with E-state index < -0.39 is 0 Å². The highest BCUT2D eigenvalue weighted by Gasteiger charge is 2.28. The zero-order valence-electron chi connectivity index (χ0n) is 9.98. The zero-order valence-corrected chi connectivity index (χ0v) is 10.9. The number of thiol groups is 1. The van der Waals surface area contributed by atoms with Crippen molar-refractivity contribution in [1.29, 1.82) is 0 Å². The largest absolute Gasteiger partial charge is 0.335 e. The van der Waals surface area contributed by atoms with Crippen molar-refractivity contribution in [2.24, 2.45) is 5.92 Å². The van der Waals surface area contributed by atoms with Crippen LogP contribution in [0.3, 0.4) is 0 Å². The second-order valence-corrected chi connectivity index (χ2v) is 4.73. The minimum absolute atomic E-state index is 0.0222. The standard InChI is InChI=1S/C11H20N2O2S/c1-3-4-9(8-16)5-13-7-10(14)12(2)6-11(13)15/h9,16H,3-8H2,1-2H3. The van der Waals surface area contributed by atoms with E-state index in [1.165, 1.54) is 4.90 Å². The number of rotatable bonds is 5. The van der Waals surface area contributed by atoms with Crippen molar-refractivity contribution in [3.05, 3.63) is 0 Å². The van der Waals surface area contributed by atoms with Crippen LogP contribution in [-0.2, 0) is 9.59 Å². The third-order valence-electron chi connectivity index (χ3n) is 2.91. The van der Waals surface area contributed by atoms with E-state index in [9.17, 15) is 9.59 Å². The van der Waals surface area contributed by atoms with E-state index in [1.54, 1.807) is 11.9 Å². The molecule has 4 nitrogen and oxygen atoms in total. The highest BCUT2D eigenvalue weighted by atomic mass is 32.1. The molecule has 0 bridgehead atoms. The molecule has 5 heteroatoms. The number of hydrogen-bond acceptors (Lipinski definition) is 3. The summed E-state index contributed by atoms with van der Waals surface area (Å²) in [6.07, 6.45) is 2.14. The van der Waals surface area contributed by atoms with Crippen LogP contribution < -0.4 is 0 Å². The van der Waals surface area contributed by atoms with E-state index in [-0.39, 0.29) is 24.9 Å².